The van der Waals surface area contributed by atoms with Gasteiger partial charge in [-0.1, -0.05) is 53.7 Å². The highest BCUT2D eigenvalue weighted by atomic mass is 35.5. The molecule has 3 aromatic heterocycles. The molecule has 29 heavy (non-hydrogen) atoms. The maximum atomic E-state index is 5.93. The largest absolute Gasteiger partial charge is 0.420 e. The molecule has 2 aromatic carbocycles. The number of benzene rings is 2. The van der Waals surface area contributed by atoms with Crippen LogP contribution in [0.1, 0.15) is 5.89 Å². The van der Waals surface area contributed by atoms with Crippen LogP contribution in [0, 0.1) is 0 Å². The third kappa shape index (κ3) is 3.89. The Morgan fingerprint density at radius 3 is 2.59 bits per heavy atom. The van der Waals surface area contributed by atoms with Gasteiger partial charge in [-0.15, -0.1) is 21.5 Å². The summed E-state index contributed by atoms with van der Waals surface area (Å²) < 4.78 is 5.79. The molecule has 0 saturated carbocycles. The Morgan fingerprint density at radius 1 is 0.931 bits per heavy atom. The van der Waals surface area contributed by atoms with Gasteiger partial charge < -0.3 is 4.42 Å². The lowest BCUT2D eigenvalue weighted by atomic mass is 10.2. The molecule has 0 N–H and O–H groups in total. The molecule has 142 valence electrons. The zero-order valence-electron chi connectivity index (χ0n) is 14.9. The molecule has 0 aliphatic carbocycles. The second-order valence-electron chi connectivity index (χ2n) is 6.17. The molecule has 0 aliphatic rings. The minimum Gasteiger partial charge on any atom is -0.420 e. The quantitative estimate of drug-likeness (QED) is 0.236. The van der Waals surface area contributed by atoms with Crippen molar-refractivity contribution in [3.63, 3.8) is 0 Å². The van der Waals surface area contributed by atoms with E-state index in [1.54, 1.807) is 41.6 Å². The van der Waals surface area contributed by atoms with E-state index < -0.39 is 0 Å². The number of hydrogen-bond acceptors (Lipinski definition) is 7. The van der Waals surface area contributed by atoms with Crippen LogP contribution in [0.5, 0.6) is 0 Å². The van der Waals surface area contributed by atoms with Crippen LogP contribution in [0.4, 0.5) is 0 Å². The van der Waals surface area contributed by atoms with Crippen LogP contribution in [-0.4, -0.2) is 20.2 Å². The standard InChI is InChI=1S/C21H13ClN4OS2/c22-15-8-6-14(7-9-15)19-26-25-18(27-19)11-28-20-16-10-17(13-4-2-1-3-5-13)29-21(16)24-12-23-20/h1-10,12H,11H2. The summed E-state index contributed by atoms with van der Waals surface area (Å²) in [5.41, 5.74) is 2.02. The summed E-state index contributed by atoms with van der Waals surface area (Å²) in [6.45, 7) is 0. The van der Waals surface area contributed by atoms with Crippen molar-refractivity contribution in [3.05, 3.63) is 77.9 Å². The molecular weight excluding hydrogens is 424 g/mol. The van der Waals surface area contributed by atoms with Gasteiger partial charge in [0.1, 0.15) is 16.2 Å². The van der Waals surface area contributed by atoms with Crippen LogP contribution >= 0.6 is 34.7 Å². The van der Waals surface area contributed by atoms with Crippen LogP contribution < -0.4 is 0 Å². The Morgan fingerprint density at radius 2 is 1.76 bits per heavy atom. The summed E-state index contributed by atoms with van der Waals surface area (Å²) in [6, 6.07) is 19.7. The van der Waals surface area contributed by atoms with E-state index in [1.807, 2.05) is 30.3 Å². The molecule has 0 atom stereocenters. The first-order valence-corrected chi connectivity index (χ1v) is 11.0. The van der Waals surface area contributed by atoms with Gasteiger partial charge in [-0.2, -0.15) is 0 Å². The molecule has 3 heterocycles. The Labute approximate surface area is 179 Å². The van der Waals surface area contributed by atoms with Gasteiger partial charge in [0.15, 0.2) is 0 Å². The average molecular weight is 437 g/mol. The first-order chi connectivity index (χ1) is 14.3. The van der Waals surface area contributed by atoms with E-state index in [2.05, 4.69) is 38.4 Å². The summed E-state index contributed by atoms with van der Waals surface area (Å²) in [5, 5.41) is 10.9. The number of thiophene rings is 1. The van der Waals surface area contributed by atoms with Crippen molar-refractivity contribution in [2.45, 2.75) is 10.8 Å². The summed E-state index contributed by atoms with van der Waals surface area (Å²) >= 11 is 9.15. The maximum absolute atomic E-state index is 5.93. The number of rotatable bonds is 5. The SMILES string of the molecule is Clc1ccc(-c2nnc(CSc3ncnc4sc(-c5ccccc5)cc34)o2)cc1. The van der Waals surface area contributed by atoms with Crippen molar-refractivity contribution in [3.8, 4) is 21.9 Å². The lowest BCUT2D eigenvalue weighted by Crippen LogP contribution is -1.85. The highest BCUT2D eigenvalue weighted by molar-refractivity contribution is 7.98. The third-order valence-electron chi connectivity index (χ3n) is 4.24. The molecule has 0 saturated heterocycles. The van der Waals surface area contributed by atoms with E-state index >= 15 is 0 Å². The first-order valence-electron chi connectivity index (χ1n) is 8.77. The number of nitrogens with zero attached hydrogens (tertiary/aromatic N) is 4. The normalized spacial score (nSPS) is 11.2. The topological polar surface area (TPSA) is 64.7 Å². The lowest BCUT2D eigenvalue weighted by molar-refractivity contribution is 0.528. The van der Waals surface area contributed by atoms with Gasteiger partial charge in [0, 0.05) is 20.8 Å². The van der Waals surface area contributed by atoms with Crippen LogP contribution in [0.2, 0.25) is 5.02 Å². The van der Waals surface area contributed by atoms with Gasteiger partial charge in [0.05, 0.1) is 5.75 Å². The zero-order chi connectivity index (χ0) is 19.6. The van der Waals surface area contributed by atoms with Crippen molar-refractivity contribution < 1.29 is 4.42 Å². The van der Waals surface area contributed by atoms with Crippen molar-refractivity contribution in [2.75, 3.05) is 0 Å². The molecule has 5 nitrogen and oxygen atoms in total. The molecule has 5 aromatic rings. The van der Waals surface area contributed by atoms with Crippen molar-refractivity contribution >= 4 is 44.9 Å². The number of hydrogen-bond donors (Lipinski definition) is 0. The number of fused-ring (bicyclic) bond motifs is 1. The number of halogens is 1. The Balaban J connectivity index is 1.37. The lowest BCUT2D eigenvalue weighted by Gasteiger charge is -1.99. The Bertz CT molecular complexity index is 1270. The fourth-order valence-electron chi connectivity index (χ4n) is 2.84. The highest BCUT2D eigenvalue weighted by Gasteiger charge is 2.13. The van der Waals surface area contributed by atoms with Crippen molar-refractivity contribution in [1.29, 1.82) is 0 Å². The summed E-state index contributed by atoms with van der Waals surface area (Å²) in [4.78, 5) is 11.0. The van der Waals surface area contributed by atoms with Crippen LogP contribution in [0.15, 0.2) is 76.4 Å². The third-order valence-corrected chi connectivity index (χ3v) is 6.58. The van der Waals surface area contributed by atoms with Crippen LogP contribution in [0.25, 0.3) is 32.1 Å². The maximum Gasteiger partial charge on any atom is 0.247 e. The summed E-state index contributed by atoms with van der Waals surface area (Å²) in [6.07, 6.45) is 1.60. The van der Waals surface area contributed by atoms with Crippen LogP contribution in [0.3, 0.4) is 0 Å². The number of aromatic nitrogens is 4. The molecule has 0 unspecified atom stereocenters. The molecule has 0 amide bonds. The highest BCUT2D eigenvalue weighted by Crippen LogP contribution is 2.36. The van der Waals surface area contributed by atoms with Gasteiger partial charge in [-0.25, -0.2) is 9.97 Å². The smallest absolute Gasteiger partial charge is 0.247 e. The molecule has 8 heteroatoms. The molecule has 0 spiro atoms. The van der Waals surface area contributed by atoms with Gasteiger partial charge in [-0.05, 0) is 35.9 Å². The monoisotopic (exact) mass is 436 g/mol. The Kier molecular flexibility index (Phi) is 5.01. The molecule has 0 aliphatic heterocycles. The van der Waals surface area contributed by atoms with Gasteiger partial charge in [0.2, 0.25) is 11.8 Å². The molecule has 0 radical (unpaired) electrons. The predicted octanol–water partition coefficient (Wildman–Crippen LogP) is 6.35. The second-order valence-corrected chi connectivity index (χ2v) is 8.60. The van der Waals surface area contributed by atoms with Gasteiger partial charge in [-0.3, -0.25) is 0 Å². The fraction of sp³-hybridized carbons (Fsp3) is 0.0476. The van der Waals surface area contributed by atoms with E-state index in [4.69, 9.17) is 16.0 Å². The first kappa shape index (κ1) is 18.3. The summed E-state index contributed by atoms with van der Waals surface area (Å²) in [5.74, 6) is 1.56. The van der Waals surface area contributed by atoms with E-state index in [9.17, 15) is 0 Å². The minimum absolute atomic E-state index is 0.479. The van der Waals surface area contributed by atoms with Crippen LogP contribution in [-0.2, 0) is 5.75 Å². The predicted molar refractivity (Wildman–Crippen MR) is 117 cm³/mol. The number of thioether (sulfide) groups is 1. The molecular formula is C21H13ClN4OS2. The molecule has 5 rings (SSSR count). The van der Waals surface area contributed by atoms with E-state index in [1.165, 1.54) is 10.4 Å². The fourth-order valence-corrected chi connectivity index (χ4v) is 4.85. The summed E-state index contributed by atoms with van der Waals surface area (Å²) in [7, 11) is 0. The zero-order valence-corrected chi connectivity index (χ0v) is 17.3. The van der Waals surface area contributed by atoms with E-state index in [0.29, 0.717) is 22.6 Å². The molecule has 0 fully saturated rings. The van der Waals surface area contributed by atoms with Crippen molar-refractivity contribution in [1.82, 2.24) is 20.2 Å². The van der Waals surface area contributed by atoms with Crippen molar-refractivity contribution in [2.24, 2.45) is 0 Å². The molecule has 0 bridgehead atoms. The van der Waals surface area contributed by atoms with E-state index in [-0.39, 0.29) is 0 Å². The second kappa shape index (κ2) is 7.94. The average Bonchev–Trinajstić information content (AvgIpc) is 3.41. The van der Waals surface area contributed by atoms with Gasteiger partial charge in [0.25, 0.3) is 0 Å². The minimum atomic E-state index is 0.479. The van der Waals surface area contributed by atoms with Gasteiger partial charge >= 0.3 is 0 Å². The van der Waals surface area contributed by atoms with E-state index in [0.717, 1.165) is 20.8 Å². The Hall–Kier alpha value is -2.74.